The van der Waals surface area contributed by atoms with Crippen molar-refractivity contribution in [1.82, 2.24) is 4.57 Å². The maximum Gasteiger partial charge on any atom is 0.252 e. The Morgan fingerprint density at radius 2 is 2.07 bits per heavy atom. The lowest BCUT2D eigenvalue weighted by molar-refractivity contribution is 0.0998. The van der Waals surface area contributed by atoms with Crippen LogP contribution in [-0.4, -0.2) is 22.7 Å². The second-order valence-electron chi connectivity index (χ2n) is 5.71. The van der Waals surface area contributed by atoms with Crippen LogP contribution in [0.25, 0.3) is 11.3 Å². The number of rotatable bonds is 6. The minimum Gasteiger partial charge on any atom is -0.507 e. The van der Waals surface area contributed by atoms with Gasteiger partial charge in [-0.15, -0.1) is 17.9 Å². The fraction of sp³-hybridized carbons (Fsp3) is 0.100. The topological polar surface area (TPSA) is 89.8 Å². The van der Waals surface area contributed by atoms with Gasteiger partial charge in [-0.3, -0.25) is 4.79 Å². The Balaban J connectivity index is 2.10. The molecule has 0 spiro atoms. The van der Waals surface area contributed by atoms with E-state index in [0.29, 0.717) is 6.54 Å². The van der Waals surface area contributed by atoms with Gasteiger partial charge in [0.05, 0.1) is 24.1 Å². The van der Waals surface area contributed by atoms with E-state index < -0.39 is 5.91 Å². The molecule has 3 aromatic rings. The van der Waals surface area contributed by atoms with Crippen molar-refractivity contribution < 1.29 is 14.6 Å². The number of aromatic nitrogens is 1. The molecule has 0 bridgehead atoms. The standard InChI is InChI=1S/C20H19N3O3S/c1-3-10-23-17(13-4-9-18(24)16(11-13)19(21)25)12-27-20(23)22-14-5-7-15(26-2)8-6-14/h3-9,11-12,24H,1,10H2,2H3,(H2,21,25). The first kappa shape index (κ1) is 18.5. The predicted octanol–water partition coefficient (Wildman–Crippen LogP) is 3.45. The number of phenols is 1. The first-order valence-corrected chi connectivity index (χ1v) is 9.02. The summed E-state index contributed by atoms with van der Waals surface area (Å²) in [6.07, 6.45) is 1.78. The fourth-order valence-electron chi connectivity index (χ4n) is 2.61. The van der Waals surface area contributed by atoms with Crippen LogP contribution in [0.4, 0.5) is 5.69 Å². The number of amides is 1. The van der Waals surface area contributed by atoms with Crippen molar-refractivity contribution in [3.05, 3.63) is 70.9 Å². The van der Waals surface area contributed by atoms with Gasteiger partial charge in [0.1, 0.15) is 11.5 Å². The van der Waals surface area contributed by atoms with Crippen molar-refractivity contribution in [2.24, 2.45) is 10.7 Å². The van der Waals surface area contributed by atoms with Crippen LogP contribution in [0.3, 0.4) is 0 Å². The SMILES string of the molecule is C=CCn1c(-c2ccc(O)c(C(N)=O)c2)csc1=Nc1ccc(OC)cc1. The van der Waals surface area contributed by atoms with Crippen LogP contribution in [0.5, 0.6) is 11.5 Å². The number of methoxy groups -OCH3 is 1. The van der Waals surface area contributed by atoms with Crippen LogP contribution in [0.1, 0.15) is 10.4 Å². The molecule has 0 radical (unpaired) electrons. The van der Waals surface area contributed by atoms with Crippen LogP contribution in [0.15, 0.2) is 65.5 Å². The molecular formula is C20H19N3O3S. The van der Waals surface area contributed by atoms with Gasteiger partial charge in [-0.1, -0.05) is 6.08 Å². The smallest absolute Gasteiger partial charge is 0.252 e. The highest BCUT2D eigenvalue weighted by Crippen LogP contribution is 2.27. The van der Waals surface area contributed by atoms with E-state index in [1.165, 1.54) is 17.4 Å². The summed E-state index contributed by atoms with van der Waals surface area (Å²) >= 11 is 1.47. The van der Waals surface area contributed by atoms with Crippen molar-refractivity contribution in [2.75, 3.05) is 7.11 Å². The molecule has 138 valence electrons. The highest BCUT2D eigenvalue weighted by molar-refractivity contribution is 7.07. The number of nitrogens with two attached hydrogens (primary N) is 1. The third-order valence-electron chi connectivity index (χ3n) is 3.96. The Morgan fingerprint density at radius 3 is 2.70 bits per heavy atom. The van der Waals surface area contributed by atoms with Crippen LogP contribution in [-0.2, 0) is 6.54 Å². The van der Waals surface area contributed by atoms with Gasteiger partial charge in [0, 0.05) is 17.5 Å². The minimum absolute atomic E-state index is 0.0810. The summed E-state index contributed by atoms with van der Waals surface area (Å²) < 4.78 is 7.15. The molecule has 3 rings (SSSR count). The summed E-state index contributed by atoms with van der Waals surface area (Å²) in [5.74, 6) is -0.0502. The molecule has 0 fully saturated rings. The normalized spacial score (nSPS) is 11.4. The number of allylic oxidation sites excluding steroid dienone is 1. The van der Waals surface area contributed by atoms with E-state index in [1.807, 2.05) is 34.2 Å². The summed E-state index contributed by atoms with van der Waals surface area (Å²) in [6.45, 7) is 4.35. The Hall–Kier alpha value is -3.32. The number of hydrogen-bond donors (Lipinski definition) is 2. The summed E-state index contributed by atoms with van der Waals surface area (Å²) in [6, 6.07) is 12.2. The van der Waals surface area contributed by atoms with E-state index in [4.69, 9.17) is 15.5 Å². The van der Waals surface area contributed by atoms with E-state index in [0.717, 1.165) is 27.5 Å². The molecule has 3 N–H and O–H groups in total. The molecule has 1 amide bonds. The molecule has 6 nitrogen and oxygen atoms in total. The van der Waals surface area contributed by atoms with E-state index in [1.54, 1.807) is 25.3 Å². The highest BCUT2D eigenvalue weighted by Gasteiger charge is 2.13. The molecule has 27 heavy (non-hydrogen) atoms. The number of ether oxygens (including phenoxy) is 1. The molecule has 0 saturated heterocycles. The van der Waals surface area contributed by atoms with Crippen LogP contribution >= 0.6 is 11.3 Å². The lowest BCUT2D eigenvalue weighted by Gasteiger charge is -2.09. The van der Waals surface area contributed by atoms with Gasteiger partial charge >= 0.3 is 0 Å². The lowest BCUT2D eigenvalue weighted by atomic mass is 10.1. The van der Waals surface area contributed by atoms with Gasteiger partial charge in [0.15, 0.2) is 4.80 Å². The average Bonchev–Trinajstić information content (AvgIpc) is 3.05. The molecule has 0 atom stereocenters. The monoisotopic (exact) mass is 381 g/mol. The maximum absolute atomic E-state index is 11.5. The summed E-state index contributed by atoms with van der Waals surface area (Å²) in [7, 11) is 1.62. The van der Waals surface area contributed by atoms with E-state index in [-0.39, 0.29) is 11.3 Å². The molecule has 0 aliphatic heterocycles. The zero-order valence-corrected chi connectivity index (χ0v) is 15.6. The molecule has 1 aromatic heterocycles. The van der Waals surface area contributed by atoms with Gasteiger partial charge in [0.2, 0.25) is 0 Å². The van der Waals surface area contributed by atoms with Crippen LogP contribution in [0.2, 0.25) is 0 Å². The third kappa shape index (κ3) is 3.93. The number of thiazole rings is 1. The quantitative estimate of drug-likeness (QED) is 0.641. The number of carbonyl (C=O) groups is 1. The molecule has 0 aliphatic carbocycles. The summed E-state index contributed by atoms with van der Waals surface area (Å²) in [5.41, 5.74) is 7.84. The van der Waals surface area contributed by atoms with Gasteiger partial charge < -0.3 is 20.1 Å². The van der Waals surface area contributed by atoms with Gasteiger partial charge in [-0.05, 0) is 42.5 Å². The number of hydrogen-bond acceptors (Lipinski definition) is 5. The van der Waals surface area contributed by atoms with Crippen molar-refractivity contribution in [3.8, 4) is 22.8 Å². The molecule has 0 saturated carbocycles. The average molecular weight is 381 g/mol. The second-order valence-corrected chi connectivity index (χ2v) is 6.55. The van der Waals surface area contributed by atoms with Crippen LogP contribution in [0, 0.1) is 0 Å². The Kier molecular flexibility index (Phi) is 5.42. The second kappa shape index (κ2) is 7.92. The van der Waals surface area contributed by atoms with E-state index in [9.17, 15) is 9.90 Å². The van der Waals surface area contributed by atoms with Gasteiger partial charge in [-0.25, -0.2) is 4.99 Å². The van der Waals surface area contributed by atoms with Crippen molar-refractivity contribution in [1.29, 1.82) is 0 Å². The van der Waals surface area contributed by atoms with Crippen LogP contribution < -0.4 is 15.3 Å². The first-order chi connectivity index (χ1) is 13.0. The molecule has 0 aliphatic rings. The Morgan fingerprint density at radius 1 is 1.33 bits per heavy atom. The lowest BCUT2D eigenvalue weighted by Crippen LogP contribution is -2.15. The molecule has 0 unspecified atom stereocenters. The van der Waals surface area contributed by atoms with E-state index >= 15 is 0 Å². The number of carbonyl (C=O) groups excluding carboxylic acids is 1. The highest BCUT2D eigenvalue weighted by atomic mass is 32.1. The summed E-state index contributed by atoms with van der Waals surface area (Å²) in [5, 5.41) is 11.8. The molecule has 7 heteroatoms. The molecular weight excluding hydrogens is 362 g/mol. The zero-order chi connectivity index (χ0) is 19.4. The van der Waals surface area contributed by atoms with Crippen molar-refractivity contribution in [3.63, 3.8) is 0 Å². The van der Waals surface area contributed by atoms with Gasteiger partial charge in [0.25, 0.3) is 5.91 Å². The number of aromatic hydroxyl groups is 1. The maximum atomic E-state index is 11.5. The predicted molar refractivity (Wildman–Crippen MR) is 106 cm³/mol. The Bertz CT molecular complexity index is 1050. The minimum atomic E-state index is -0.678. The fourth-order valence-corrected chi connectivity index (χ4v) is 3.55. The van der Waals surface area contributed by atoms with Crippen molar-refractivity contribution in [2.45, 2.75) is 6.54 Å². The van der Waals surface area contributed by atoms with Crippen molar-refractivity contribution >= 4 is 22.9 Å². The van der Waals surface area contributed by atoms with E-state index in [2.05, 4.69) is 6.58 Å². The largest absolute Gasteiger partial charge is 0.507 e. The first-order valence-electron chi connectivity index (χ1n) is 8.14. The van der Waals surface area contributed by atoms with Gasteiger partial charge in [-0.2, -0.15) is 0 Å². The molecule has 1 heterocycles. The zero-order valence-electron chi connectivity index (χ0n) is 14.8. The number of nitrogens with zero attached hydrogens (tertiary/aromatic N) is 2. The summed E-state index contributed by atoms with van der Waals surface area (Å²) in [4.78, 5) is 17.0. The number of primary amides is 1. The third-order valence-corrected chi connectivity index (χ3v) is 4.83. The molecule has 2 aromatic carbocycles. The number of benzene rings is 2. The Labute approximate surface area is 160 Å².